The number of aliphatic carboxylic acids is 1. The second-order valence-corrected chi connectivity index (χ2v) is 5.48. The van der Waals surface area contributed by atoms with Crippen LogP contribution >= 0.6 is 0 Å². The quantitative estimate of drug-likeness (QED) is 0.772. The third-order valence-electron chi connectivity index (χ3n) is 3.80. The number of carboxylic acids is 1. The highest BCUT2D eigenvalue weighted by Crippen LogP contribution is 2.11. The van der Waals surface area contributed by atoms with Crippen LogP contribution in [0.15, 0.2) is 24.3 Å². The minimum Gasteiger partial charge on any atom is -0.480 e. The lowest BCUT2D eigenvalue weighted by molar-refractivity contribution is -0.140. The first-order valence-corrected chi connectivity index (χ1v) is 7.62. The fraction of sp³-hybridized carbons (Fsp3) is 0.529. The summed E-state index contributed by atoms with van der Waals surface area (Å²) in [4.78, 5) is 23.4. The molecule has 1 amide bonds. The average molecular weight is 291 g/mol. The Morgan fingerprint density at radius 1 is 1.19 bits per heavy atom. The van der Waals surface area contributed by atoms with Crippen LogP contribution in [0.5, 0.6) is 0 Å². The second kappa shape index (κ2) is 8.45. The molecule has 4 heteroatoms. The molecule has 2 N–H and O–H groups in total. The Morgan fingerprint density at radius 2 is 1.81 bits per heavy atom. The third-order valence-corrected chi connectivity index (χ3v) is 3.80. The van der Waals surface area contributed by atoms with Gasteiger partial charge in [0.1, 0.15) is 6.04 Å². The molecule has 0 aliphatic rings. The Morgan fingerprint density at radius 3 is 2.29 bits per heavy atom. The van der Waals surface area contributed by atoms with E-state index in [-0.39, 0.29) is 11.8 Å². The lowest BCUT2D eigenvalue weighted by atomic mass is 9.98. The Labute approximate surface area is 126 Å². The SMILES string of the molecule is CCCCc1ccc(C(=O)N[C@H](C(=O)O)C(C)CC)cc1. The van der Waals surface area contributed by atoms with E-state index in [0.717, 1.165) is 19.3 Å². The molecule has 0 aliphatic carbocycles. The fourth-order valence-electron chi connectivity index (χ4n) is 2.11. The van der Waals surface area contributed by atoms with Crippen molar-refractivity contribution in [3.63, 3.8) is 0 Å². The number of carbonyl (C=O) groups is 2. The van der Waals surface area contributed by atoms with Crippen LogP contribution in [0.3, 0.4) is 0 Å². The maximum Gasteiger partial charge on any atom is 0.326 e. The topological polar surface area (TPSA) is 66.4 Å². The Hall–Kier alpha value is -1.84. The predicted molar refractivity (Wildman–Crippen MR) is 83.4 cm³/mol. The highest BCUT2D eigenvalue weighted by molar-refractivity contribution is 5.96. The summed E-state index contributed by atoms with van der Waals surface area (Å²) in [5.41, 5.74) is 1.70. The molecule has 0 radical (unpaired) electrons. The smallest absolute Gasteiger partial charge is 0.326 e. The highest BCUT2D eigenvalue weighted by Gasteiger charge is 2.25. The molecule has 0 spiro atoms. The van der Waals surface area contributed by atoms with Gasteiger partial charge >= 0.3 is 5.97 Å². The summed E-state index contributed by atoms with van der Waals surface area (Å²) in [7, 11) is 0. The molecule has 0 bridgehead atoms. The third kappa shape index (κ3) is 5.21. The molecule has 0 aromatic heterocycles. The molecule has 2 atom stereocenters. The van der Waals surface area contributed by atoms with Gasteiger partial charge in [-0.1, -0.05) is 45.7 Å². The van der Waals surface area contributed by atoms with Crippen molar-refractivity contribution in [1.82, 2.24) is 5.32 Å². The van der Waals surface area contributed by atoms with E-state index in [2.05, 4.69) is 12.2 Å². The van der Waals surface area contributed by atoms with Gasteiger partial charge in [-0.25, -0.2) is 4.79 Å². The number of nitrogens with one attached hydrogen (secondary N) is 1. The standard InChI is InChI=1S/C17H25NO3/c1-4-6-7-13-8-10-14(11-9-13)16(19)18-15(17(20)21)12(3)5-2/h8-12,15H,4-7H2,1-3H3,(H,18,19)(H,20,21)/t12?,15-/m0/s1. The normalized spacial score (nSPS) is 13.5. The monoisotopic (exact) mass is 291 g/mol. The predicted octanol–water partition coefficient (Wildman–Crippen LogP) is 3.26. The first-order chi connectivity index (χ1) is 9.99. The van der Waals surface area contributed by atoms with Gasteiger partial charge in [-0.05, 0) is 36.5 Å². The number of carbonyl (C=O) groups excluding carboxylic acids is 1. The number of aryl methyl sites for hydroxylation is 1. The molecule has 1 aromatic carbocycles. The van der Waals surface area contributed by atoms with E-state index in [4.69, 9.17) is 0 Å². The van der Waals surface area contributed by atoms with Crippen molar-refractivity contribution in [1.29, 1.82) is 0 Å². The molecule has 0 saturated heterocycles. The van der Waals surface area contributed by atoms with E-state index in [0.29, 0.717) is 12.0 Å². The molecule has 1 unspecified atom stereocenters. The minimum absolute atomic E-state index is 0.102. The molecule has 116 valence electrons. The average Bonchev–Trinajstić information content (AvgIpc) is 2.49. The Bertz CT molecular complexity index is 467. The Kier molecular flexibility index (Phi) is 6.92. The van der Waals surface area contributed by atoms with Crippen LogP contribution in [0.4, 0.5) is 0 Å². The van der Waals surface area contributed by atoms with Crippen LogP contribution in [0.2, 0.25) is 0 Å². The lowest BCUT2D eigenvalue weighted by Crippen LogP contribution is -2.45. The summed E-state index contributed by atoms with van der Waals surface area (Å²) in [5.74, 6) is -1.42. The summed E-state index contributed by atoms with van der Waals surface area (Å²) >= 11 is 0. The molecule has 0 saturated carbocycles. The van der Waals surface area contributed by atoms with E-state index in [9.17, 15) is 14.7 Å². The van der Waals surface area contributed by atoms with Crippen LogP contribution in [-0.2, 0) is 11.2 Å². The van der Waals surface area contributed by atoms with Crippen molar-refractivity contribution in [2.24, 2.45) is 5.92 Å². The first kappa shape index (κ1) is 17.2. The van der Waals surface area contributed by atoms with Crippen LogP contribution in [-0.4, -0.2) is 23.0 Å². The molecule has 1 rings (SSSR count). The highest BCUT2D eigenvalue weighted by atomic mass is 16.4. The number of hydrogen-bond acceptors (Lipinski definition) is 2. The summed E-state index contributed by atoms with van der Waals surface area (Å²) < 4.78 is 0. The summed E-state index contributed by atoms with van der Waals surface area (Å²) in [5, 5.41) is 11.8. The summed E-state index contributed by atoms with van der Waals surface area (Å²) in [6, 6.07) is 6.54. The lowest BCUT2D eigenvalue weighted by Gasteiger charge is -2.20. The van der Waals surface area contributed by atoms with Crippen molar-refractivity contribution in [2.45, 2.75) is 52.5 Å². The van der Waals surface area contributed by atoms with Crippen molar-refractivity contribution in [3.05, 3.63) is 35.4 Å². The number of amides is 1. The molecule has 0 heterocycles. The van der Waals surface area contributed by atoms with E-state index < -0.39 is 12.0 Å². The number of benzene rings is 1. The van der Waals surface area contributed by atoms with E-state index >= 15 is 0 Å². The number of carboxylic acid groups (broad SMARTS) is 1. The van der Waals surface area contributed by atoms with Gasteiger partial charge < -0.3 is 10.4 Å². The van der Waals surface area contributed by atoms with Crippen molar-refractivity contribution in [2.75, 3.05) is 0 Å². The van der Waals surface area contributed by atoms with Crippen molar-refractivity contribution < 1.29 is 14.7 Å². The molecular weight excluding hydrogens is 266 g/mol. The summed E-state index contributed by atoms with van der Waals surface area (Å²) in [6.07, 6.45) is 3.97. The van der Waals surface area contributed by atoms with E-state index in [1.54, 1.807) is 12.1 Å². The van der Waals surface area contributed by atoms with Gasteiger partial charge in [0.15, 0.2) is 0 Å². The van der Waals surface area contributed by atoms with Crippen LogP contribution < -0.4 is 5.32 Å². The van der Waals surface area contributed by atoms with Crippen molar-refractivity contribution in [3.8, 4) is 0 Å². The fourth-order valence-corrected chi connectivity index (χ4v) is 2.11. The molecule has 0 fully saturated rings. The van der Waals surface area contributed by atoms with Gasteiger partial charge in [0, 0.05) is 5.56 Å². The maximum absolute atomic E-state index is 12.1. The minimum atomic E-state index is -0.989. The van der Waals surface area contributed by atoms with Crippen molar-refractivity contribution >= 4 is 11.9 Å². The molecule has 1 aromatic rings. The van der Waals surface area contributed by atoms with Gasteiger partial charge in [-0.3, -0.25) is 4.79 Å². The van der Waals surface area contributed by atoms with E-state index in [1.165, 1.54) is 5.56 Å². The molecule has 21 heavy (non-hydrogen) atoms. The Balaban J connectivity index is 2.71. The van der Waals surface area contributed by atoms with Gasteiger partial charge in [-0.15, -0.1) is 0 Å². The van der Waals surface area contributed by atoms with E-state index in [1.807, 2.05) is 26.0 Å². The van der Waals surface area contributed by atoms with Gasteiger partial charge in [0.2, 0.25) is 0 Å². The zero-order chi connectivity index (χ0) is 15.8. The number of hydrogen-bond donors (Lipinski definition) is 2. The number of unbranched alkanes of at least 4 members (excludes halogenated alkanes) is 1. The van der Waals surface area contributed by atoms with Gasteiger partial charge in [-0.2, -0.15) is 0 Å². The summed E-state index contributed by atoms with van der Waals surface area (Å²) in [6.45, 7) is 5.88. The van der Waals surface area contributed by atoms with Gasteiger partial charge in [0.05, 0.1) is 0 Å². The van der Waals surface area contributed by atoms with Crippen LogP contribution in [0.1, 0.15) is 56.0 Å². The number of rotatable bonds is 8. The van der Waals surface area contributed by atoms with Crippen LogP contribution in [0, 0.1) is 5.92 Å². The largest absolute Gasteiger partial charge is 0.480 e. The van der Waals surface area contributed by atoms with Gasteiger partial charge in [0.25, 0.3) is 5.91 Å². The maximum atomic E-state index is 12.1. The molecular formula is C17H25NO3. The zero-order valence-electron chi connectivity index (χ0n) is 13.1. The zero-order valence-corrected chi connectivity index (χ0v) is 13.1. The first-order valence-electron chi connectivity index (χ1n) is 7.62. The van der Waals surface area contributed by atoms with Crippen LogP contribution in [0.25, 0.3) is 0 Å². The molecule has 0 aliphatic heterocycles. The second-order valence-electron chi connectivity index (χ2n) is 5.48. The molecule has 4 nitrogen and oxygen atoms in total.